The van der Waals surface area contributed by atoms with Crippen LogP contribution in [0.4, 0.5) is 0 Å². The number of ketones is 1. The number of nitrogens with zero attached hydrogens (tertiary/aromatic N) is 2. The fourth-order valence-corrected chi connectivity index (χ4v) is 3.22. The maximum absolute atomic E-state index is 12.1. The van der Waals surface area contributed by atoms with E-state index in [4.69, 9.17) is 0 Å². The number of thiophene rings is 1. The Morgan fingerprint density at radius 3 is 2.71 bits per heavy atom. The number of rotatable bonds is 3. The maximum atomic E-state index is 12.1. The predicted octanol–water partition coefficient (Wildman–Crippen LogP) is 3.74. The molecule has 0 fully saturated rings. The average Bonchev–Trinajstić information content (AvgIpc) is 2.79. The van der Waals surface area contributed by atoms with Crippen LogP contribution in [0.1, 0.15) is 21.7 Å². The van der Waals surface area contributed by atoms with Crippen LogP contribution >= 0.6 is 43.2 Å². The third kappa shape index (κ3) is 2.69. The molecule has 0 amide bonds. The molecule has 0 unspecified atom stereocenters. The number of carbonyl (C=O) groups is 1. The third-order valence-corrected chi connectivity index (χ3v) is 5.02. The summed E-state index contributed by atoms with van der Waals surface area (Å²) in [7, 11) is 1.85. The first-order valence-electron chi connectivity index (χ1n) is 4.94. The molecular weight excluding hydrogens is 368 g/mol. The maximum Gasteiger partial charge on any atom is 0.169 e. The Balaban J connectivity index is 2.24. The fourth-order valence-electron chi connectivity index (χ4n) is 1.58. The van der Waals surface area contributed by atoms with Crippen LogP contribution in [0.3, 0.4) is 0 Å². The summed E-state index contributed by atoms with van der Waals surface area (Å²) >= 11 is 8.34. The van der Waals surface area contributed by atoms with Crippen molar-refractivity contribution in [1.82, 2.24) is 9.78 Å². The number of Topliss-reactive ketones (excluding diaryl/α,β-unsaturated/α-hetero) is 1. The van der Waals surface area contributed by atoms with Gasteiger partial charge in [0.25, 0.3) is 0 Å². The molecule has 2 heterocycles. The number of carbonyl (C=O) groups excluding carboxylic acids is 1. The summed E-state index contributed by atoms with van der Waals surface area (Å²) < 4.78 is 3.64. The Morgan fingerprint density at radius 1 is 1.53 bits per heavy atom. The number of aromatic nitrogens is 2. The molecule has 0 saturated carbocycles. The zero-order valence-corrected chi connectivity index (χ0v) is 13.3. The zero-order chi connectivity index (χ0) is 12.6. The fraction of sp³-hybridized carbons (Fsp3) is 0.273. The third-order valence-electron chi connectivity index (χ3n) is 2.48. The van der Waals surface area contributed by atoms with E-state index >= 15 is 0 Å². The first-order chi connectivity index (χ1) is 7.99. The van der Waals surface area contributed by atoms with Gasteiger partial charge in [0, 0.05) is 18.0 Å². The number of halogens is 2. The smallest absolute Gasteiger partial charge is 0.169 e. The summed E-state index contributed by atoms with van der Waals surface area (Å²) in [5, 5.41) is 6.14. The van der Waals surface area contributed by atoms with E-state index in [0.29, 0.717) is 6.42 Å². The summed E-state index contributed by atoms with van der Waals surface area (Å²) in [5.41, 5.74) is 2.56. The van der Waals surface area contributed by atoms with Gasteiger partial charge >= 0.3 is 0 Å². The van der Waals surface area contributed by atoms with Crippen LogP contribution in [0.15, 0.2) is 19.7 Å². The van der Waals surface area contributed by atoms with Gasteiger partial charge in [-0.2, -0.15) is 5.10 Å². The van der Waals surface area contributed by atoms with Gasteiger partial charge in [0.1, 0.15) is 0 Å². The van der Waals surface area contributed by atoms with Gasteiger partial charge in [-0.15, -0.1) is 11.3 Å². The normalized spacial score (nSPS) is 10.8. The van der Waals surface area contributed by atoms with Gasteiger partial charge in [-0.25, -0.2) is 0 Å². The highest BCUT2D eigenvalue weighted by atomic mass is 79.9. The molecule has 2 aromatic rings. The largest absolute Gasteiger partial charge is 0.294 e. The lowest BCUT2D eigenvalue weighted by Crippen LogP contribution is -2.07. The molecule has 0 saturated heterocycles. The van der Waals surface area contributed by atoms with Crippen molar-refractivity contribution in [2.75, 3.05) is 0 Å². The van der Waals surface area contributed by atoms with Gasteiger partial charge in [-0.1, -0.05) is 0 Å². The Morgan fingerprint density at radius 2 is 2.24 bits per heavy atom. The van der Waals surface area contributed by atoms with Crippen LogP contribution in [0.25, 0.3) is 0 Å². The van der Waals surface area contributed by atoms with E-state index in [1.54, 1.807) is 4.68 Å². The summed E-state index contributed by atoms with van der Waals surface area (Å²) in [6, 6.07) is 1.85. The second-order valence-electron chi connectivity index (χ2n) is 3.71. The van der Waals surface area contributed by atoms with Crippen molar-refractivity contribution >= 4 is 49.0 Å². The minimum Gasteiger partial charge on any atom is -0.294 e. The minimum atomic E-state index is 0.107. The Kier molecular flexibility index (Phi) is 3.85. The molecule has 0 spiro atoms. The van der Waals surface area contributed by atoms with Crippen LogP contribution in [0.5, 0.6) is 0 Å². The van der Waals surface area contributed by atoms with E-state index in [-0.39, 0.29) is 5.78 Å². The van der Waals surface area contributed by atoms with Gasteiger partial charge < -0.3 is 0 Å². The lowest BCUT2D eigenvalue weighted by molar-refractivity contribution is 0.0991. The molecule has 0 aromatic carbocycles. The van der Waals surface area contributed by atoms with Crippen LogP contribution in [0, 0.1) is 6.92 Å². The second-order valence-corrected chi connectivity index (χ2v) is 6.79. The quantitative estimate of drug-likeness (QED) is 0.763. The van der Waals surface area contributed by atoms with Crippen molar-refractivity contribution in [3.63, 3.8) is 0 Å². The lowest BCUT2D eigenvalue weighted by atomic mass is 10.1. The summed E-state index contributed by atoms with van der Waals surface area (Å²) in [4.78, 5) is 12.1. The molecule has 0 radical (unpaired) electrons. The first kappa shape index (κ1) is 13.0. The van der Waals surface area contributed by atoms with Crippen molar-refractivity contribution in [3.8, 4) is 0 Å². The first-order valence-corrected chi connectivity index (χ1v) is 7.41. The van der Waals surface area contributed by atoms with Gasteiger partial charge in [0.15, 0.2) is 5.78 Å². The lowest BCUT2D eigenvalue weighted by Gasteiger charge is -2.01. The van der Waals surface area contributed by atoms with Crippen molar-refractivity contribution in [2.45, 2.75) is 13.3 Å². The van der Waals surface area contributed by atoms with Crippen LogP contribution in [-0.2, 0) is 13.5 Å². The summed E-state index contributed by atoms with van der Waals surface area (Å²) in [6.07, 6.45) is 0.362. The Bertz CT molecular complexity index is 574. The van der Waals surface area contributed by atoms with E-state index < -0.39 is 0 Å². The summed E-state index contributed by atoms with van der Waals surface area (Å²) in [5.74, 6) is 0.107. The van der Waals surface area contributed by atoms with E-state index in [2.05, 4.69) is 37.0 Å². The minimum absolute atomic E-state index is 0.107. The zero-order valence-electron chi connectivity index (χ0n) is 9.33. The van der Waals surface area contributed by atoms with Crippen LogP contribution in [0.2, 0.25) is 0 Å². The molecule has 0 atom stereocenters. The predicted molar refractivity (Wildman–Crippen MR) is 75.7 cm³/mol. The van der Waals surface area contributed by atoms with Gasteiger partial charge in [0.2, 0.25) is 0 Å². The molecule has 0 aliphatic carbocycles. The SMILES string of the molecule is Cc1nn(C)c(CC(=O)c2csc(Br)c2)c1Br. The second kappa shape index (κ2) is 5.04. The van der Waals surface area contributed by atoms with E-state index in [1.165, 1.54) is 11.3 Å². The number of aryl methyl sites for hydroxylation is 2. The monoisotopic (exact) mass is 376 g/mol. The molecule has 2 aromatic heterocycles. The molecule has 0 aliphatic rings. The average molecular weight is 378 g/mol. The molecule has 90 valence electrons. The molecule has 2 rings (SSSR count). The molecule has 6 heteroatoms. The molecular formula is C11H10Br2N2OS. The van der Waals surface area contributed by atoms with Crippen molar-refractivity contribution in [3.05, 3.63) is 36.7 Å². The van der Waals surface area contributed by atoms with Gasteiger partial charge in [-0.05, 0) is 44.8 Å². The van der Waals surface area contributed by atoms with Crippen molar-refractivity contribution in [1.29, 1.82) is 0 Å². The molecule has 0 N–H and O–H groups in total. The highest BCUT2D eigenvalue weighted by Gasteiger charge is 2.16. The standard InChI is InChI=1S/C11H10Br2N2OS/c1-6-11(13)8(15(2)14-6)4-9(16)7-3-10(12)17-5-7/h3,5H,4H2,1-2H3. The van der Waals surface area contributed by atoms with E-state index in [9.17, 15) is 4.79 Å². The van der Waals surface area contributed by atoms with Gasteiger partial charge in [-0.3, -0.25) is 9.48 Å². The van der Waals surface area contributed by atoms with E-state index in [1.807, 2.05) is 25.4 Å². The van der Waals surface area contributed by atoms with Gasteiger partial charge in [0.05, 0.1) is 26.1 Å². The summed E-state index contributed by atoms with van der Waals surface area (Å²) in [6.45, 7) is 1.92. The highest BCUT2D eigenvalue weighted by Crippen LogP contribution is 2.24. The molecule has 3 nitrogen and oxygen atoms in total. The van der Waals surface area contributed by atoms with E-state index in [0.717, 1.165) is 25.2 Å². The molecule has 17 heavy (non-hydrogen) atoms. The Labute approximate surface area is 120 Å². The molecule has 0 bridgehead atoms. The molecule has 0 aliphatic heterocycles. The van der Waals surface area contributed by atoms with Crippen molar-refractivity contribution in [2.24, 2.45) is 7.05 Å². The van der Waals surface area contributed by atoms with Crippen molar-refractivity contribution < 1.29 is 4.79 Å². The number of hydrogen-bond donors (Lipinski definition) is 0. The van der Waals surface area contributed by atoms with Crippen LogP contribution in [-0.4, -0.2) is 15.6 Å². The highest BCUT2D eigenvalue weighted by molar-refractivity contribution is 9.11. The number of hydrogen-bond acceptors (Lipinski definition) is 3. The van der Waals surface area contributed by atoms with Crippen LogP contribution < -0.4 is 0 Å². The topological polar surface area (TPSA) is 34.9 Å². The Hall–Kier alpha value is -0.460.